The Morgan fingerprint density at radius 2 is 2.06 bits per heavy atom. The summed E-state index contributed by atoms with van der Waals surface area (Å²) in [6.07, 6.45) is 3.09. The SMILES string of the molecule is O=C(O)C1C=Cc2c(F)ccc3cccc1c23. The van der Waals surface area contributed by atoms with Crippen molar-refractivity contribution in [3.8, 4) is 0 Å². The highest BCUT2D eigenvalue weighted by atomic mass is 19.1. The third kappa shape index (κ3) is 1.35. The minimum Gasteiger partial charge on any atom is -0.481 e. The van der Waals surface area contributed by atoms with Gasteiger partial charge < -0.3 is 5.11 Å². The Hall–Kier alpha value is -2.16. The summed E-state index contributed by atoms with van der Waals surface area (Å²) in [5.74, 6) is -1.92. The van der Waals surface area contributed by atoms with Gasteiger partial charge in [0.15, 0.2) is 0 Å². The van der Waals surface area contributed by atoms with Gasteiger partial charge in [0.1, 0.15) is 11.7 Å². The van der Waals surface area contributed by atoms with E-state index >= 15 is 0 Å². The summed E-state index contributed by atoms with van der Waals surface area (Å²) < 4.78 is 13.7. The molecule has 0 bridgehead atoms. The highest BCUT2D eigenvalue weighted by molar-refractivity contribution is 6.00. The topological polar surface area (TPSA) is 37.3 Å². The second-order valence-electron chi connectivity index (χ2n) is 4.08. The number of carboxylic acids is 1. The molecule has 2 aromatic rings. The third-order valence-corrected chi connectivity index (χ3v) is 3.12. The van der Waals surface area contributed by atoms with E-state index in [1.54, 1.807) is 24.3 Å². The number of hydrogen-bond donors (Lipinski definition) is 1. The molecule has 1 aliphatic carbocycles. The second-order valence-corrected chi connectivity index (χ2v) is 4.08. The van der Waals surface area contributed by atoms with Crippen LogP contribution in [0.3, 0.4) is 0 Å². The highest BCUT2D eigenvalue weighted by Crippen LogP contribution is 2.35. The summed E-state index contributed by atoms with van der Waals surface area (Å²) in [5.41, 5.74) is 1.14. The van der Waals surface area contributed by atoms with Gasteiger partial charge in [-0.3, -0.25) is 4.79 Å². The third-order valence-electron chi connectivity index (χ3n) is 3.12. The molecule has 1 N–H and O–H groups in total. The summed E-state index contributed by atoms with van der Waals surface area (Å²) in [5, 5.41) is 10.7. The Morgan fingerprint density at radius 1 is 1.24 bits per heavy atom. The van der Waals surface area contributed by atoms with Gasteiger partial charge in [-0.15, -0.1) is 0 Å². The number of hydrogen-bond acceptors (Lipinski definition) is 1. The first-order valence-electron chi connectivity index (χ1n) is 5.30. The van der Waals surface area contributed by atoms with Crippen molar-refractivity contribution in [3.05, 3.63) is 53.4 Å². The standard InChI is InChI=1S/C14H9FO2/c15-12-7-4-8-2-1-3-9-10(14(16)17)5-6-11(12)13(8)9/h1-7,10H,(H,16,17). The zero-order chi connectivity index (χ0) is 12.0. The lowest BCUT2D eigenvalue weighted by atomic mass is 9.86. The molecule has 1 aliphatic rings. The lowest BCUT2D eigenvalue weighted by Gasteiger charge is -2.18. The first kappa shape index (κ1) is 10.0. The first-order valence-corrected chi connectivity index (χ1v) is 5.30. The Balaban J connectivity index is 2.43. The van der Waals surface area contributed by atoms with E-state index in [2.05, 4.69) is 0 Å². The number of halogens is 1. The molecule has 2 nitrogen and oxygen atoms in total. The van der Waals surface area contributed by atoms with Crippen molar-refractivity contribution >= 4 is 22.8 Å². The van der Waals surface area contributed by atoms with E-state index in [0.717, 1.165) is 5.39 Å². The van der Waals surface area contributed by atoms with Crippen LogP contribution in [0, 0.1) is 5.82 Å². The zero-order valence-corrected chi connectivity index (χ0v) is 8.85. The van der Waals surface area contributed by atoms with Gasteiger partial charge >= 0.3 is 5.97 Å². The Bertz CT molecular complexity index is 659. The Morgan fingerprint density at radius 3 is 2.82 bits per heavy atom. The van der Waals surface area contributed by atoms with Crippen LogP contribution < -0.4 is 0 Å². The molecule has 17 heavy (non-hydrogen) atoms. The van der Waals surface area contributed by atoms with Crippen LogP contribution >= 0.6 is 0 Å². The minimum absolute atomic E-state index is 0.315. The van der Waals surface area contributed by atoms with E-state index < -0.39 is 11.9 Å². The van der Waals surface area contributed by atoms with E-state index in [-0.39, 0.29) is 5.82 Å². The summed E-state index contributed by atoms with van der Waals surface area (Å²) in [6, 6.07) is 8.49. The normalized spacial score (nSPS) is 17.4. The molecule has 0 radical (unpaired) electrons. The maximum absolute atomic E-state index is 13.7. The average Bonchev–Trinajstić information content (AvgIpc) is 2.33. The van der Waals surface area contributed by atoms with E-state index in [9.17, 15) is 9.18 Å². The maximum Gasteiger partial charge on any atom is 0.314 e. The molecule has 0 spiro atoms. The highest BCUT2D eigenvalue weighted by Gasteiger charge is 2.24. The van der Waals surface area contributed by atoms with Crippen molar-refractivity contribution in [2.24, 2.45) is 0 Å². The quantitative estimate of drug-likeness (QED) is 0.813. The minimum atomic E-state index is -0.913. The van der Waals surface area contributed by atoms with Crippen LogP contribution in [0.4, 0.5) is 4.39 Å². The molecule has 0 heterocycles. The largest absolute Gasteiger partial charge is 0.481 e. The van der Waals surface area contributed by atoms with E-state index in [4.69, 9.17) is 5.11 Å². The van der Waals surface area contributed by atoms with Gasteiger partial charge in [0.05, 0.1) is 0 Å². The van der Waals surface area contributed by atoms with Crippen molar-refractivity contribution in [2.45, 2.75) is 5.92 Å². The molecule has 0 fully saturated rings. The van der Waals surface area contributed by atoms with Crippen LogP contribution in [0.5, 0.6) is 0 Å². The fourth-order valence-electron chi connectivity index (χ4n) is 2.34. The van der Waals surface area contributed by atoms with E-state index in [0.29, 0.717) is 16.5 Å². The van der Waals surface area contributed by atoms with E-state index in [1.807, 2.05) is 6.07 Å². The lowest BCUT2D eigenvalue weighted by Crippen LogP contribution is -2.12. The van der Waals surface area contributed by atoms with Crippen LogP contribution in [-0.2, 0) is 4.79 Å². The number of carboxylic acid groups (broad SMARTS) is 1. The van der Waals surface area contributed by atoms with Crippen molar-refractivity contribution in [1.82, 2.24) is 0 Å². The Labute approximate surface area is 97.0 Å². The lowest BCUT2D eigenvalue weighted by molar-refractivity contribution is -0.137. The van der Waals surface area contributed by atoms with Crippen molar-refractivity contribution in [2.75, 3.05) is 0 Å². The van der Waals surface area contributed by atoms with E-state index in [1.165, 1.54) is 12.1 Å². The zero-order valence-electron chi connectivity index (χ0n) is 8.85. The predicted octanol–water partition coefficient (Wildman–Crippen LogP) is 3.17. The first-order chi connectivity index (χ1) is 8.18. The summed E-state index contributed by atoms with van der Waals surface area (Å²) in [6.45, 7) is 0. The summed E-state index contributed by atoms with van der Waals surface area (Å²) in [7, 11) is 0. The molecule has 0 aromatic heterocycles. The van der Waals surface area contributed by atoms with Crippen LogP contribution in [0.25, 0.3) is 16.8 Å². The molecular formula is C14H9FO2. The predicted molar refractivity (Wildman–Crippen MR) is 63.3 cm³/mol. The molecule has 0 saturated carbocycles. The fraction of sp³-hybridized carbons (Fsp3) is 0.0714. The van der Waals surface area contributed by atoms with Gasteiger partial charge in [-0.25, -0.2) is 4.39 Å². The average molecular weight is 228 g/mol. The molecule has 3 heteroatoms. The molecule has 84 valence electrons. The van der Waals surface area contributed by atoms with Gasteiger partial charge in [0.2, 0.25) is 0 Å². The van der Waals surface area contributed by atoms with Gasteiger partial charge in [-0.05, 0) is 22.4 Å². The van der Waals surface area contributed by atoms with Gasteiger partial charge in [-0.2, -0.15) is 0 Å². The molecule has 0 amide bonds. The molecule has 1 atom stereocenters. The molecule has 2 aromatic carbocycles. The summed E-state index contributed by atoms with van der Waals surface area (Å²) >= 11 is 0. The van der Waals surface area contributed by atoms with Gasteiger partial charge in [0, 0.05) is 5.56 Å². The molecule has 1 unspecified atom stereocenters. The van der Waals surface area contributed by atoms with Crippen LogP contribution in [0.15, 0.2) is 36.4 Å². The van der Waals surface area contributed by atoms with Crippen LogP contribution in [0.1, 0.15) is 17.0 Å². The smallest absolute Gasteiger partial charge is 0.314 e. The molecular weight excluding hydrogens is 219 g/mol. The monoisotopic (exact) mass is 228 g/mol. The van der Waals surface area contributed by atoms with Gasteiger partial charge in [-0.1, -0.05) is 36.4 Å². The van der Waals surface area contributed by atoms with Crippen molar-refractivity contribution in [1.29, 1.82) is 0 Å². The summed E-state index contributed by atoms with van der Waals surface area (Å²) in [4.78, 5) is 11.1. The fourth-order valence-corrected chi connectivity index (χ4v) is 2.34. The van der Waals surface area contributed by atoms with Crippen LogP contribution in [-0.4, -0.2) is 11.1 Å². The van der Waals surface area contributed by atoms with Crippen LogP contribution in [0.2, 0.25) is 0 Å². The van der Waals surface area contributed by atoms with Crippen molar-refractivity contribution < 1.29 is 14.3 Å². The maximum atomic E-state index is 13.7. The number of aliphatic carboxylic acids is 1. The number of benzene rings is 2. The van der Waals surface area contributed by atoms with Gasteiger partial charge in [0.25, 0.3) is 0 Å². The number of rotatable bonds is 1. The molecule has 0 aliphatic heterocycles. The molecule has 3 rings (SSSR count). The molecule has 0 saturated heterocycles. The Kier molecular flexibility index (Phi) is 2.01. The number of carbonyl (C=O) groups is 1. The van der Waals surface area contributed by atoms with Crippen molar-refractivity contribution in [3.63, 3.8) is 0 Å². The second kappa shape index (κ2) is 3.42.